The summed E-state index contributed by atoms with van der Waals surface area (Å²) in [7, 11) is 1.79. The van der Waals surface area contributed by atoms with Crippen molar-refractivity contribution in [2.24, 2.45) is 0 Å². The molecule has 0 aliphatic rings. The van der Waals surface area contributed by atoms with Crippen LogP contribution in [0.15, 0.2) is 48.5 Å². The minimum absolute atomic E-state index is 0.0900. The molecule has 2 aromatic carbocycles. The Kier molecular flexibility index (Phi) is 6.39. The van der Waals surface area contributed by atoms with Gasteiger partial charge in [0.05, 0.1) is 18.2 Å². The molecule has 0 fully saturated rings. The molecule has 0 bridgehead atoms. The summed E-state index contributed by atoms with van der Waals surface area (Å²) in [6.45, 7) is 3.09. The van der Waals surface area contributed by atoms with Gasteiger partial charge < -0.3 is 9.64 Å². The van der Waals surface area contributed by atoms with Gasteiger partial charge in [-0.3, -0.25) is 4.79 Å². The number of hydrogen-bond donors (Lipinski definition) is 0. The smallest absolute Gasteiger partial charge is 0.222 e. The van der Waals surface area contributed by atoms with Crippen molar-refractivity contribution >= 4 is 5.91 Å². The quantitative estimate of drug-likeness (QED) is 0.731. The highest BCUT2D eigenvalue weighted by molar-refractivity contribution is 5.75. The molecule has 4 heteroatoms. The van der Waals surface area contributed by atoms with Gasteiger partial charge in [0.1, 0.15) is 5.75 Å². The highest BCUT2D eigenvalue weighted by atomic mass is 16.5. The number of aryl methyl sites for hydroxylation is 1. The molecule has 1 amide bonds. The van der Waals surface area contributed by atoms with E-state index in [4.69, 9.17) is 10.00 Å². The Morgan fingerprint density at radius 2 is 1.96 bits per heavy atom. The third kappa shape index (κ3) is 5.44. The van der Waals surface area contributed by atoms with Crippen molar-refractivity contribution in [2.75, 3.05) is 13.7 Å². The van der Waals surface area contributed by atoms with Crippen LogP contribution in [0.4, 0.5) is 0 Å². The van der Waals surface area contributed by atoms with Gasteiger partial charge in [-0.1, -0.05) is 24.3 Å². The standard InChI is InChI=1S/C20H22N2O2/c1-16-5-3-6-19(13-16)24-12-4-7-20(23)22(2)15-18-10-8-17(14-21)9-11-18/h3,5-6,8-11,13H,4,7,12,15H2,1-2H3. The van der Waals surface area contributed by atoms with E-state index in [0.717, 1.165) is 16.9 Å². The Bertz CT molecular complexity index is 717. The average molecular weight is 322 g/mol. The zero-order chi connectivity index (χ0) is 17.4. The van der Waals surface area contributed by atoms with Crippen LogP contribution in [0.3, 0.4) is 0 Å². The van der Waals surface area contributed by atoms with Gasteiger partial charge >= 0.3 is 0 Å². The molecule has 0 atom stereocenters. The number of rotatable bonds is 7. The first-order valence-electron chi connectivity index (χ1n) is 8.01. The SMILES string of the molecule is Cc1cccc(OCCCC(=O)N(C)Cc2ccc(C#N)cc2)c1. The Labute approximate surface area is 143 Å². The van der Waals surface area contributed by atoms with Crippen LogP contribution >= 0.6 is 0 Å². The lowest BCUT2D eigenvalue weighted by Crippen LogP contribution is -2.26. The lowest BCUT2D eigenvalue weighted by Gasteiger charge is -2.17. The molecule has 24 heavy (non-hydrogen) atoms. The number of amides is 1. The summed E-state index contributed by atoms with van der Waals surface area (Å²) in [5.74, 6) is 0.931. The van der Waals surface area contributed by atoms with Crippen LogP contribution in [-0.4, -0.2) is 24.5 Å². The second-order valence-corrected chi connectivity index (χ2v) is 5.83. The van der Waals surface area contributed by atoms with Crippen LogP contribution in [0, 0.1) is 18.3 Å². The van der Waals surface area contributed by atoms with Gasteiger partial charge in [0.15, 0.2) is 0 Å². The van der Waals surface area contributed by atoms with Crippen molar-refractivity contribution in [2.45, 2.75) is 26.3 Å². The van der Waals surface area contributed by atoms with E-state index in [0.29, 0.717) is 31.6 Å². The van der Waals surface area contributed by atoms with E-state index >= 15 is 0 Å². The molecule has 4 nitrogen and oxygen atoms in total. The lowest BCUT2D eigenvalue weighted by molar-refractivity contribution is -0.130. The van der Waals surface area contributed by atoms with Crippen molar-refractivity contribution in [3.63, 3.8) is 0 Å². The molecule has 0 aliphatic heterocycles. The molecule has 0 spiro atoms. The normalized spacial score (nSPS) is 10.0. The predicted molar refractivity (Wildman–Crippen MR) is 93.5 cm³/mol. The van der Waals surface area contributed by atoms with Gasteiger partial charge in [-0.2, -0.15) is 5.26 Å². The largest absolute Gasteiger partial charge is 0.494 e. The van der Waals surface area contributed by atoms with E-state index in [1.807, 2.05) is 43.3 Å². The number of carbonyl (C=O) groups is 1. The molecule has 2 aromatic rings. The predicted octanol–water partition coefficient (Wildman–Crippen LogP) is 3.68. The van der Waals surface area contributed by atoms with Crippen LogP contribution in [0.1, 0.15) is 29.5 Å². The van der Waals surface area contributed by atoms with Gasteiger partial charge in [-0.05, 0) is 48.7 Å². The van der Waals surface area contributed by atoms with Crippen LogP contribution < -0.4 is 4.74 Å². The van der Waals surface area contributed by atoms with Crippen molar-refractivity contribution in [1.82, 2.24) is 4.90 Å². The van der Waals surface area contributed by atoms with Gasteiger partial charge in [0.25, 0.3) is 0 Å². The molecule has 0 aliphatic carbocycles. The number of hydrogen-bond acceptors (Lipinski definition) is 3. The number of nitrogens with zero attached hydrogens (tertiary/aromatic N) is 2. The van der Waals surface area contributed by atoms with E-state index in [-0.39, 0.29) is 5.91 Å². The molecular weight excluding hydrogens is 300 g/mol. The molecule has 0 saturated heterocycles. The molecule has 124 valence electrons. The fourth-order valence-corrected chi connectivity index (χ4v) is 2.36. The summed E-state index contributed by atoms with van der Waals surface area (Å²) in [4.78, 5) is 13.9. The summed E-state index contributed by atoms with van der Waals surface area (Å²) < 4.78 is 5.66. The molecule has 0 unspecified atom stereocenters. The van der Waals surface area contributed by atoms with Crippen molar-refractivity contribution in [1.29, 1.82) is 5.26 Å². The summed E-state index contributed by atoms with van der Waals surface area (Å²) in [5.41, 5.74) is 2.80. The van der Waals surface area contributed by atoms with E-state index < -0.39 is 0 Å². The lowest BCUT2D eigenvalue weighted by atomic mass is 10.1. The maximum atomic E-state index is 12.2. The monoisotopic (exact) mass is 322 g/mol. The van der Waals surface area contributed by atoms with E-state index in [1.54, 1.807) is 24.1 Å². The fourth-order valence-electron chi connectivity index (χ4n) is 2.36. The van der Waals surface area contributed by atoms with E-state index in [9.17, 15) is 4.79 Å². The molecular formula is C20H22N2O2. The minimum Gasteiger partial charge on any atom is -0.494 e. The maximum absolute atomic E-state index is 12.2. The number of carbonyl (C=O) groups excluding carboxylic acids is 1. The highest BCUT2D eigenvalue weighted by Gasteiger charge is 2.09. The van der Waals surface area contributed by atoms with Crippen LogP contribution in [-0.2, 0) is 11.3 Å². The Morgan fingerprint density at radius 3 is 2.62 bits per heavy atom. The van der Waals surface area contributed by atoms with Crippen molar-refractivity contribution in [3.8, 4) is 11.8 Å². The number of benzene rings is 2. The summed E-state index contributed by atoms with van der Waals surface area (Å²) >= 11 is 0. The van der Waals surface area contributed by atoms with Gasteiger partial charge in [0, 0.05) is 20.0 Å². The van der Waals surface area contributed by atoms with Gasteiger partial charge in [-0.25, -0.2) is 0 Å². The second-order valence-electron chi connectivity index (χ2n) is 5.83. The molecule has 0 radical (unpaired) electrons. The van der Waals surface area contributed by atoms with Crippen LogP contribution in [0.2, 0.25) is 0 Å². The molecule has 0 N–H and O–H groups in total. The molecule has 0 heterocycles. The Morgan fingerprint density at radius 1 is 1.21 bits per heavy atom. The van der Waals surface area contributed by atoms with Gasteiger partial charge in [-0.15, -0.1) is 0 Å². The van der Waals surface area contributed by atoms with E-state index in [2.05, 4.69) is 6.07 Å². The molecule has 0 saturated carbocycles. The van der Waals surface area contributed by atoms with Crippen LogP contribution in [0.25, 0.3) is 0 Å². The van der Waals surface area contributed by atoms with Crippen molar-refractivity contribution in [3.05, 3.63) is 65.2 Å². The third-order valence-corrected chi connectivity index (χ3v) is 3.72. The minimum atomic E-state index is 0.0900. The second kappa shape index (κ2) is 8.73. The summed E-state index contributed by atoms with van der Waals surface area (Å²) in [6, 6.07) is 17.3. The molecule has 2 rings (SSSR count). The highest BCUT2D eigenvalue weighted by Crippen LogP contribution is 2.13. The van der Waals surface area contributed by atoms with Crippen molar-refractivity contribution < 1.29 is 9.53 Å². The summed E-state index contributed by atoms with van der Waals surface area (Å²) in [6.07, 6.45) is 1.14. The number of ether oxygens (including phenoxy) is 1. The fraction of sp³-hybridized carbons (Fsp3) is 0.300. The van der Waals surface area contributed by atoms with Crippen LogP contribution in [0.5, 0.6) is 5.75 Å². The maximum Gasteiger partial charge on any atom is 0.222 e. The first-order valence-corrected chi connectivity index (χ1v) is 8.01. The first-order chi connectivity index (χ1) is 11.6. The third-order valence-electron chi connectivity index (χ3n) is 3.72. The Hall–Kier alpha value is -2.80. The number of nitriles is 1. The van der Waals surface area contributed by atoms with Gasteiger partial charge in [0.2, 0.25) is 5.91 Å². The van der Waals surface area contributed by atoms with E-state index in [1.165, 1.54) is 0 Å². The first kappa shape index (κ1) is 17.6. The Balaban J connectivity index is 1.72. The zero-order valence-corrected chi connectivity index (χ0v) is 14.2. The average Bonchev–Trinajstić information content (AvgIpc) is 2.59. The summed E-state index contributed by atoms with van der Waals surface area (Å²) in [5, 5.41) is 8.79. The zero-order valence-electron chi connectivity index (χ0n) is 14.2. The topological polar surface area (TPSA) is 53.3 Å². The molecule has 0 aromatic heterocycles.